The SMILES string of the molecule is CCCCOn1ncc2cc(N(Cc3nn[nH]n3)C(=O)CC)ccc21. The van der Waals surface area contributed by atoms with Crippen LogP contribution in [0.25, 0.3) is 10.9 Å². The van der Waals surface area contributed by atoms with Gasteiger partial charge in [0.2, 0.25) is 5.91 Å². The van der Waals surface area contributed by atoms with Crippen LogP contribution < -0.4 is 9.74 Å². The van der Waals surface area contributed by atoms with Crippen LogP contribution in [-0.2, 0) is 11.3 Å². The summed E-state index contributed by atoms with van der Waals surface area (Å²) in [6, 6.07) is 5.68. The highest BCUT2D eigenvalue weighted by atomic mass is 16.7. The number of nitrogens with zero attached hydrogens (tertiary/aromatic N) is 6. The molecule has 0 unspecified atom stereocenters. The van der Waals surface area contributed by atoms with E-state index in [1.54, 1.807) is 11.1 Å². The van der Waals surface area contributed by atoms with E-state index in [-0.39, 0.29) is 12.5 Å². The van der Waals surface area contributed by atoms with Crippen LogP contribution in [0.2, 0.25) is 0 Å². The van der Waals surface area contributed by atoms with Crippen LogP contribution in [-0.4, -0.2) is 43.1 Å². The fraction of sp³-hybridized carbons (Fsp3) is 0.438. The second-order valence-electron chi connectivity index (χ2n) is 5.61. The molecule has 2 heterocycles. The lowest BCUT2D eigenvalue weighted by Crippen LogP contribution is -2.30. The molecular weight excluding hydrogens is 322 g/mol. The third-order valence-electron chi connectivity index (χ3n) is 3.83. The van der Waals surface area contributed by atoms with Gasteiger partial charge in [-0.25, -0.2) is 0 Å². The van der Waals surface area contributed by atoms with Crippen molar-refractivity contribution in [3.8, 4) is 0 Å². The number of rotatable bonds is 8. The van der Waals surface area contributed by atoms with Gasteiger partial charge in [-0.2, -0.15) is 5.21 Å². The van der Waals surface area contributed by atoms with Crippen molar-refractivity contribution < 1.29 is 9.63 Å². The van der Waals surface area contributed by atoms with Crippen molar-refractivity contribution in [1.82, 2.24) is 30.6 Å². The Kier molecular flexibility index (Phi) is 5.22. The van der Waals surface area contributed by atoms with E-state index in [0.29, 0.717) is 18.9 Å². The van der Waals surface area contributed by atoms with Gasteiger partial charge in [0.15, 0.2) is 5.82 Å². The molecule has 0 radical (unpaired) electrons. The molecule has 9 heteroatoms. The number of anilines is 1. The van der Waals surface area contributed by atoms with Crippen LogP contribution in [0, 0.1) is 0 Å². The summed E-state index contributed by atoms with van der Waals surface area (Å²) in [5, 5.41) is 19.0. The summed E-state index contributed by atoms with van der Waals surface area (Å²) in [5.41, 5.74) is 1.63. The van der Waals surface area contributed by atoms with Gasteiger partial charge in [0.05, 0.1) is 12.7 Å². The molecule has 0 aliphatic carbocycles. The molecule has 3 aromatic rings. The van der Waals surface area contributed by atoms with Gasteiger partial charge in [-0.05, 0) is 24.6 Å². The first kappa shape index (κ1) is 16.9. The molecule has 0 atom stereocenters. The molecular formula is C16H21N7O2. The number of amides is 1. The van der Waals surface area contributed by atoms with Crippen molar-refractivity contribution in [2.45, 2.75) is 39.7 Å². The maximum absolute atomic E-state index is 12.3. The summed E-state index contributed by atoms with van der Waals surface area (Å²) in [6.07, 6.45) is 4.15. The summed E-state index contributed by atoms with van der Waals surface area (Å²) in [6.45, 7) is 4.81. The lowest BCUT2D eigenvalue weighted by Gasteiger charge is -2.20. The smallest absolute Gasteiger partial charge is 0.227 e. The number of fused-ring (bicyclic) bond motifs is 1. The number of benzene rings is 1. The molecule has 132 valence electrons. The molecule has 1 N–H and O–H groups in total. The Hall–Kier alpha value is -2.97. The molecule has 25 heavy (non-hydrogen) atoms. The zero-order valence-electron chi connectivity index (χ0n) is 14.3. The Balaban J connectivity index is 1.86. The van der Waals surface area contributed by atoms with Crippen LogP contribution in [0.15, 0.2) is 24.4 Å². The number of unbranched alkanes of at least 4 members (excludes halogenated alkanes) is 1. The largest absolute Gasteiger partial charge is 0.396 e. The lowest BCUT2D eigenvalue weighted by atomic mass is 10.2. The normalized spacial score (nSPS) is 11.0. The van der Waals surface area contributed by atoms with Crippen LogP contribution in [0.1, 0.15) is 38.9 Å². The zero-order chi connectivity index (χ0) is 17.6. The molecule has 0 saturated heterocycles. The zero-order valence-corrected chi connectivity index (χ0v) is 14.3. The van der Waals surface area contributed by atoms with Crippen molar-refractivity contribution in [2.75, 3.05) is 11.5 Å². The highest BCUT2D eigenvalue weighted by molar-refractivity contribution is 5.95. The van der Waals surface area contributed by atoms with E-state index in [1.165, 1.54) is 4.85 Å². The van der Waals surface area contributed by atoms with Gasteiger partial charge in [0.25, 0.3) is 0 Å². The topological polar surface area (TPSA) is 102 Å². The van der Waals surface area contributed by atoms with Gasteiger partial charge in [-0.3, -0.25) is 4.79 Å². The Bertz CT molecular complexity index is 828. The first-order chi connectivity index (χ1) is 12.2. The highest BCUT2D eigenvalue weighted by Crippen LogP contribution is 2.23. The van der Waals surface area contributed by atoms with Crippen molar-refractivity contribution in [3.05, 3.63) is 30.2 Å². The van der Waals surface area contributed by atoms with Gasteiger partial charge in [-0.1, -0.05) is 30.3 Å². The molecule has 0 saturated carbocycles. The number of aromatic amines is 1. The summed E-state index contributed by atoms with van der Waals surface area (Å²) in [7, 11) is 0. The standard InChI is InChI=1S/C16H21N7O2/c1-3-5-8-25-23-14-7-6-13(9-12(14)10-17-23)22(16(24)4-2)11-15-18-20-21-19-15/h6-7,9-10H,3-5,8,11H2,1-2H3,(H,18,19,20,21). The second kappa shape index (κ2) is 7.73. The van der Waals surface area contributed by atoms with Crippen LogP contribution in [0.5, 0.6) is 0 Å². The number of tetrazole rings is 1. The fourth-order valence-electron chi connectivity index (χ4n) is 2.47. The number of aromatic nitrogens is 6. The molecule has 3 rings (SSSR count). The number of hydrogen-bond donors (Lipinski definition) is 1. The minimum atomic E-state index is -0.0178. The number of carbonyl (C=O) groups is 1. The molecule has 9 nitrogen and oxygen atoms in total. The van der Waals surface area contributed by atoms with E-state index in [1.807, 2.05) is 25.1 Å². The Labute approximate surface area is 144 Å². The van der Waals surface area contributed by atoms with E-state index in [2.05, 4.69) is 32.6 Å². The van der Waals surface area contributed by atoms with Gasteiger partial charge in [0, 0.05) is 17.5 Å². The van der Waals surface area contributed by atoms with Crippen LogP contribution in [0.3, 0.4) is 0 Å². The predicted octanol–water partition coefficient (Wildman–Crippen LogP) is 1.72. The average molecular weight is 343 g/mol. The van der Waals surface area contributed by atoms with Crippen molar-refractivity contribution in [1.29, 1.82) is 0 Å². The molecule has 0 bridgehead atoms. The number of carbonyl (C=O) groups excluding carboxylic acids is 1. The number of hydrogen-bond acceptors (Lipinski definition) is 6. The van der Waals surface area contributed by atoms with E-state index >= 15 is 0 Å². The monoisotopic (exact) mass is 343 g/mol. The molecule has 0 aliphatic heterocycles. The first-order valence-electron chi connectivity index (χ1n) is 8.36. The van der Waals surface area contributed by atoms with Gasteiger partial charge < -0.3 is 9.74 Å². The second-order valence-corrected chi connectivity index (χ2v) is 5.61. The predicted molar refractivity (Wildman–Crippen MR) is 91.7 cm³/mol. The number of H-pyrrole nitrogens is 1. The molecule has 2 aromatic heterocycles. The third kappa shape index (κ3) is 3.76. The van der Waals surface area contributed by atoms with Gasteiger partial charge in [-0.15, -0.1) is 15.3 Å². The summed E-state index contributed by atoms with van der Waals surface area (Å²) in [4.78, 5) is 21.2. The number of nitrogens with one attached hydrogen (secondary N) is 1. The lowest BCUT2D eigenvalue weighted by molar-refractivity contribution is -0.118. The van der Waals surface area contributed by atoms with Gasteiger partial charge in [0.1, 0.15) is 12.1 Å². The Morgan fingerprint density at radius 3 is 2.96 bits per heavy atom. The van der Waals surface area contributed by atoms with Crippen LogP contribution in [0.4, 0.5) is 5.69 Å². The van der Waals surface area contributed by atoms with E-state index in [0.717, 1.165) is 29.4 Å². The highest BCUT2D eigenvalue weighted by Gasteiger charge is 2.18. The first-order valence-corrected chi connectivity index (χ1v) is 8.36. The van der Waals surface area contributed by atoms with Crippen molar-refractivity contribution in [3.63, 3.8) is 0 Å². The van der Waals surface area contributed by atoms with Crippen molar-refractivity contribution >= 4 is 22.5 Å². The van der Waals surface area contributed by atoms with Crippen molar-refractivity contribution in [2.24, 2.45) is 0 Å². The Morgan fingerprint density at radius 1 is 1.36 bits per heavy atom. The summed E-state index contributed by atoms with van der Waals surface area (Å²) in [5.74, 6) is 0.441. The molecule has 1 aromatic carbocycles. The maximum atomic E-state index is 12.3. The molecule has 0 fully saturated rings. The van der Waals surface area contributed by atoms with E-state index in [4.69, 9.17) is 4.84 Å². The van der Waals surface area contributed by atoms with Gasteiger partial charge >= 0.3 is 0 Å². The maximum Gasteiger partial charge on any atom is 0.227 e. The minimum Gasteiger partial charge on any atom is -0.396 e. The quantitative estimate of drug-likeness (QED) is 0.625. The molecule has 0 spiro atoms. The minimum absolute atomic E-state index is 0.0178. The molecule has 0 aliphatic rings. The third-order valence-corrected chi connectivity index (χ3v) is 3.83. The average Bonchev–Trinajstić information content (AvgIpc) is 3.28. The van der Waals surface area contributed by atoms with Crippen LogP contribution >= 0.6 is 0 Å². The summed E-state index contributed by atoms with van der Waals surface area (Å²) < 4.78 is 0. The summed E-state index contributed by atoms with van der Waals surface area (Å²) >= 11 is 0. The molecule has 1 amide bonds. The van der Waals surface area contributed by atoms with E-state index < -0.39 is 0 Å². The Morgan fingerprint density at radius 2 is 2.24 bits per heavy atom. The van der Waals surface area contributed by atoms with E-state index in [9.17, 15) is 4.79 Å². The fourth-order valence-corrected chi connectivity index (χ4v) is 2.47.